The summed E-state index contributed by atoms with van der Waals surface area (Å²) in [5.41, 5.74) is 1.03. The van der Waals surface area contributed by atoms with Gasteiger partial charge in [-0.1, -0.05) is 38.0 Å². The first-order chi connectivity index (χ1) is 9.38. The van der Waals surface area contributed by atoms with Gasteiger partial charge in [0.05, 0.1) is 0 Å². The summed E-state index contributed by atoms with van der Waals surface area (Å²) in [4.78, 5) is 0. The highest BCUT2D eigenvalue weighted by atomic mass is 16.3. The van der Waals surface area contributed by atoms with Gasteiger partial charge in [-0.15, -0.1) is 0 Å². The van der Waals surface area contributed by atoms with Crippen molar-refractivity contribution in [3.8, 4) is 0 Å². The second-order valence-electron chi connectivity index (χ2n) is 5.65. The molecular formula is C17H23NO. The first-order valence-electron chi connectivity index (χ1n) is 7.57. The zero-order valence-electron chi connectivity index (χ0n) is 11.7. The van der Waals surface area contributed by atoms with E-state index in [1.165, 1.54) is 36.8 Å². The van der Waals surface area contributed by atoms with Gasteiger partial charge in [0.1, 0.15) is 11.3 Å². The Balaban J connectivity index is 1.84. The van der Waals surface area contributed by atoms with Crippen molar-refractivity contribution < 1.29 is 4.42 Å². The summed E-state index contributed by atoms with van der Waals surface area (Å²) in [7, 11) is 0. The molecule has 2 atom stereocenters. The van der Waals surface area contributed by atoms with E-state index >= 15 is 0 Å². The Kier molecular flexibility index (Phi) is 3.88. The quantitative estimate of drug-likeness (QED) is 0.882. The molecule has 2 unspecified atom stereocenters. The average molecular weight is 257 g/mol. The molecule has 2 aromatic rings. The van der Waals surface area contributed by atoms with Gasteiger partial charge >= 0.3 is 0 Å². The monoisotopic (exact) mass is 257 g/mol. The molecule has 102 valence electrons. The fourth-order valence-electron chi connectivity index (χ4n) is 3.34. The second-order valence-corrected chi connectivity index (χ2v) is 5.65. The van der Waals surface area contributed by atoms with Gasteiger partial charge in [-0.05, 0) is 44.0 Å². The predicted molar refractivity (Wildman–Crippen MR) is 79.5 cm³/mol. The lowest BCUT2D eigenvalue weighted by molar-refractivity contribution is 0.269. The molecule has 1 aliphatic carbocycles. The molecule has 2 nitrogen and oxygen atoms in total. The summed E-state index contributed by atoms with van der Waals surface area (Å²) in [6, 6.07) is 10.6. The summed E-state index contributed by atoms with van der Waals surface area (Å²) in [6.07, 6.45) is 5.31. The molecular weight excluding hydrogens is 234 g/mol. The van der Waals surface area contributed by atoms with Gasteiger partial charge in [-0.2, -0.15) is 0 Å². The van der Waals surface area contributed by atoms with Crippen LogP contribution in [0, 0.1) is 5.92 Å². The third-order valence-electron chi connectivity index (χ3n) is 4.38. The molecule has 0 spiro atoms. The molecule has 0 saturated heterocycles. The Labute approximate surface area is 115 Å². The lowest BCUT2D eigenvalue weighted by Crippen LogP contribution is -2.29. The molecule has 0 radical (unpaired) electrons. The maximum atomic E-state index is 6.09. The number of hydrogen-bond acceptors (Lipinski definition) is 2. The van der Waals surface area contributed by atoms with Crippen LogP contribution in [0.3, 0.4) is 0 Å². The number of benzene rings is 1. The topological polar surface area (TPSA) is 25.2 Å². The van der Waals surface area contributed by atoms with Crippen molar-refractivity contribution in [3.63, 3.8) is 0 Å². The van der Waals surface area contributed by atoms with Crippen molar-refractivity contribution in [1.82, 2.24) is 5.32 Å². The number of nitrogens with one attached hydrogen (secondary N) is 1. The summed E-state index contributed by atoms with van der Waals surface area (Å²) in [5, 5.41) is 4.75. The normalized spacial score (nSPS) is 23.8. The fraction of sp³-hybridized carbons (Fsp3) is 0.529. The number of para-hydroxylation sites is 1. The Morgan fingerprint density at radius 2 is 2.05 bits per heavy atom. The smallest absolute Gasteiger partial charge is 0.134 e. The highest BCUT2D eigenvalue weighted by Crippen LogP contribution is 2.39. The number of fused-ring (bicyclic) bond motifs is 1. The summed E-state index contributed by atoms with van der Waals surface area (Å²) in [5.74, 6) is 2.53. The first-order valence-corrected chi connectivity index (χ1v) is 7.57. The van der Waals surface area contributed by atoms with Gasteiger partial charge < -0.3 is 9.73 Å². The van der Waals surface area contributed by atoms with Gasteiger partial charge in [-0.25, -0.2) is 0 Å². The van der Waals surface area contributed by atoms with Crippen LogP contribution in [0.2, 0.25) is 0 Å². The summed E-state index contributed by atoms with van der Waals surface area (Å²) < 4.78 is 6.09. The molecule has 2 heteroatoms. The first kappa shape index (κ1) is 12.7. The van der Waals surface area contributed by atoms with E-state index in [2.05, 4.69) is 36.5 Å². The van der Waals surface area contributed by atoms with Crippen LogP contribution in [0.4, 0.5) is 0 Å². The van der Waals surface area contributed by atoms with Crippen LogP contribution in [0.1, 0.15) is 44.3 Å². The number of rotatable bonds is 4. The van der Waals surface area contributed by atoms with Crippen LogP contribution in [0.15, 0.2) is 34.7 Å². The Morgan fingerprint density at radius 3 is 2.89 bits per heavy atom. The van der Waals surface area contributed by atoms with Crippen molar-refractivity contribution in [2.75, 3.05) is 13.1 Å². The van der Waals surface area contributed by atoms with Crippen LogP contribution in [-0.2, 0) is 0 Å². The molecule has 1 aliphatic rings. The van der Waals surface area contributed by atoms with Gasteiger partial charge in [-0.3, -0.25) is 0 Å². The molecule has 3 rings (SSSR count). The van der Waals surface area contributed by atoms with Crippen LogP contribution in [0.5, 0.6) is 0 Å². The number of hydrogen-bond donors (Lipinski definition) is 1. The van der Waals surface area contributed by atoms with Gasteiger partial charge in [0.25, 0.3) is 0 Å². The molecule has 1 fully saturated rings. The molecule has 0 aliphatic heterocycles. The standard InChI is InChI=1S/C17H23NO/c1-2-18-12-14-8-3-5-9-15(14)17-11-13-7-4-6-10-16(13)19-17/h4,6-7,10-11,14-15,18H,2-3,5,8-9,12H2,1H3. The zero-order valence-corrected chi connectivity index (χ0v) is 11.7. The van der Waals surface area contributed by atoms with E-state index in [0.29, 0.717) is 5.92 Å². The van der Waals surface area contributed by atoms with E-state index in [-0.39, 0.29) is 0 Å². The third kappa shape index (κ3) is 2.69. The van der Waals surface area contributed by atoms with Gasteiger partial charge in [0.2, 0.25) is 0 Å². The van der Waals surface area contributed by atoms with E-state index in [0.717, 1.165) is 24.6 Å². The maximum absolute atomic E-state index is 6.09. The maximum Gasteiger partial charge on any atom is 0.134 e. The minimum atomic E-state index is 0.597. The zero-order chi connectivity index (χ0) is 13.1. The van der Waals surface area contributed by atoms with E-state index < -0.39 is 0 Å². The Morgan fingerprint density at radius 1 is 1.21 bits per heavy atom. The van der Waals surface area contributed by atoms with E-state index in [9.17, 15) is 0 Å². The minimum absolute atomic E-state index is 0.597. The molecule has 1 aromatic carbocycles. The van der Waals surface area contributed by atoms with Crippen LogP contribution in [-0.4, -0.2) is 13.1 Å². The minimum Gasteiger partial charge on any atom is -0.461 e. The Bertz CT molecular complexity index is 498. The fourth-order valence-corrected chi connectivity index (χ4v) is 3.34. The SMILES string of the molecule is CCNCC1CCCCC1c1cc2ccccc2o1. The van der Waals surface area contributed by atoms with Crippen molar-refractivity contribution in [2.45, 2.75) is 38.5 Å². The van der Waals surface area contributed by atoms with E-state index in [4.69, 9.17) is 4.42 Å². The molecule has 1 N–H and O–H groups in total. The highest BCUT2D eigenvalue weighted by Gasteiger charge is 2.28. The Hall–Kier alpha value is -1.28. The summed E-state index contributed by atoms with van der Waals surface area (Å²) >= 11 is 0. The van der Waals surface area contributed by atoms with Gasteiger partial charge in [0, 0.05) is 11.3 Å². The lowest BCUT2D eigenvalue weighted by atomic mass is 9.78. The van der Waals surface area contributed by atoms with Crippen LogP contribution >= 0.6 is 0 Å². The lowest BCUT2D eigenvalue weighted by Gasteiger charge is -2.30. The largest absolute Gasteiger partial charge is 0.461 e. The molecule has 0 amide bonds. The summed E-state index contributed by atoms with van der Waals surface area (Å²) in [6.45, 7) is 4.36. The molecule has 1 heterocycles. The molecule has 0 bridgehead atoms. The number of furan rings is 1. The molecule has 1 saturated carbocycles. The van der Waals surface area contributed by atoms with Crippen LogP contribution < -0.4 is 5.32 Å². The second kappa shape index (κ2) is 5.79. The van der Waals surface area contributed by atoms with Crippen LogP contribution in [0.25, 0.3) is 11.0 Å². The van der Waals surface area contributed by atoms with Crippen molar-refractivity contribution >= 4 is 11.0 Å². The van der Waals surface area contributed by atoms with Crippen molar-refractivity contribution in [3.05, 3.63) is 36.1 Å². The van der Waals surface area contributed by atoms with E-state index in [1.54, 1.807) is 0 Å². The third-order valence-corrected chi connectivity index (χ3v) is 4.38. The van der Waals surface area contributed by atoms with E-state index in [1.807, 2.05) is 6.07 Å². The average Bonchev–Trinajstić information content (AvgIpc) is 2.89. The van der Waals surface area contributed by atoms with Gasteiger partial charge in [0.15, 0.2) is 0 Å². The highest BCUT2D eigenvalue weighted by molar-refractivity contribution is 5.77. The molecule has 19 heavy (non-hydrogen) atoms. The van der Waals surface area contributed by atoms with Crippen molar-refractivity contribution in [1.29, 1.82) is 0 Å². The predicted octanol–water partition coefficient (Wildman–Crippen LogP) is 4.32. The molecule has 1 aromatic heterocycles. The van der Waals surface area contributed by atoms with Crippen molar-refractivity contribution in [2.24, 2.45) is 5.92 Å².